The van der Waals surface area contributed by atoms with Gasteiger partial charge in [-0.05, 0) is 0 Å². The van der Waals surface area contributed by atoms with Crippen molar-refractivity contribution in [2.24, 2.45) is 0 Å². The summed E-state index contributed by atoms with van der Waals surface area (Å²) >= 11 is 0. The third-order valence-corrected chi connectivity index (χ3v) is 0. The highest BCUT2D eigenvalue weighted by molar-refractivity contribution is 7.59. The predicted octanol–water partition coefficient (Wildman–Crippen LogP) is -7.15. The van der Waals surface area contributed by atoms with E-state index in [-0.39, 0.29) is 68.9 Å². The molecule has 0 atom stereocenters. The molecule has 0 aromatic rings. The second-order valence-corrected chi connectivity index (χ2v) is 0. The number of hydrogen-bond acceptors (Lipinski definition) is 1. The molecule has 0 saturated heterocycles. The van der Waals surface area contributed by atoms with E-state index in [1.54, 1.807) is 0 Å². The van der Waals surface area contributed by atoms with E-state index in [4.69, 9.17) is 0 Å². The van der Waals surface area contributed by atoms with E-state index in [0.717, 1.165) is 0 Å². The van der Waals surface area contributed by atoms with Gasteiger partial charge in [-0.2, -0.15) is 13.5 Å². The van der Waals surface area contributed by atoms with Gasteiger partial charge in [-0.1, -0.05) is 0 Å². The van der Waals surface area contributed by atoms with Crippen molar-refractivity contribution in [3.63, 3.8) is 0 Å². The molecule has 0 aliphatic rings. The fourth-order valence-electron chi connectivity index (χ4n) is 0. The molecule has 0 rings (SSSR count). The minimum Gasteiger partial charge on any atom is -0.412 e. The first-order chi connectivity index (χ1) is 0. The van der Waals surface area contributed by atoms with Gasteiger partial charge in [0.1, 0.15) is 0 Å². The Balaban J connectivity index is 0. The normalized spacial score (nSPS) is 0. The molecule has 0 aromatic heterocycles. The van der Waals surface area contributed by atoms with Crippen molar-refractivity contribution in [2.45, 2.75) is 0 Å². The Bertz CT molecular complexity index is 9.52. The minimum atomic E-state index is 0. The molecule has 10 nitrogen and oxygen atoms in total. The first-order valence-corrected chi connectivity index (χ1v) is 0. The van der Waals surface area contributed by atoms with E-state index in [0.29, 0.717) is 0 Å². The van der Waals surface area contributed by atoms with E-state index in [1.807, 2.05) is 0 Å². The summed E-state index contributed by atoms with van der Waals surface area (Å²) in [7, 11) is 0. The van der Waals surface area contributed by atoms with Gasteiger partial charge in [-0.15, -0.1) is 0 Å². The lowest BCUT2D eigenvalue weighted by atomic mass is 14.0. The quantitative estimate of drug-likeness (QED) is 0.402. The smallest absolute Gasteiger partial charge is 0.197 e. The first kappa shape index (κ1) is 434000. The van der Waals surface area contributed by atoms with E-state index >= 15 is 0 Å². The second kappa shape index (κ2) is 319000. The molecule has 0 radical (unpaired) electrons. The van der Waals surface area contributed by atoms with Crippen molar-refractivity contribution in [1.82, 2.24) is 6.15 Å². The molecule has 21 N–H and O–H groups in total. The second-order valence-electron chi connectivity index (χ2n) is 0. The van der Waals surface area contributed by atoms with Crippen molar-refractivity contribution in [2.75, 3.05) is 0 Å². The Labute approximate surface area is 70.0 Å². The van der Waals surface area contributed by atoms with Crippen LogP contribution in [0.15, 0.2) is 0 Å². The van der Waals surface area contributed by atoms with Crippen molar-refractivity contribution in [3.05, 3.63) is 0 Å². The molecule has 0 aliphatic heterocycles. The van der Waals surface area contributed by atoms with Gasteiger partial charge in [0.25, 0.3) is 0 Å². The molecule has 0 bridgehead atoms. The summed E-state index contributed by atoms with van der Waals surface area (Å²) in [5.41, 5.74) is 0. The monoisotopic (exact) mass is 213 g/mol. The molecule has 0 spiro atoms. The highest BCUT2D eigenvalue weighted by Crippen LogP contribution is 0.648. The SMILES string of the molecule is N.O.O.O.O.O.O.O.O.O.S. The molecule has 0 heterocycles. The lowest BCUT2D eigenvalue weighted by Gasteiger charge is -0.413. The van der Waals surface area contributed by atoms with Gasteiger partial charge in [0, 0.05) is 0 Å². The first-order valence-electron chi connectivity index (χ1n) is 0. The van der Waals surface area contributed by atoms with E-state index in [9.17, 15) is 0 Å². The summed E-state index contributed by atoms with van der Waals surface area (Å²) in [6.45, 7) is 0. The van der Waals surface area contributed by atoms with E-state index < -0.39 is 0 Å². The lowest BCUT2D eigenvalue weighted by Crippen LogP contribution is -0.481. The van der Waals surface area contributed by atoms with Crippen LogP contribution >= 0.6 is 13.5 Å². The zero-order chi connectivity index (χ0) is 0. The maximum atomic E-state index is 0. The standard InChI is InChI=1S/H3N.9H2O.H2S/h1H3;10*1H2. The maximum Gasteiger partial charge on any atom is -0.197 e. The molecule has 0 amide bonds. The zero-order valence-corrected chi connectivity index (χ0v) is 6.71. The van der Waals surface area contributed by atoms with Crippen LogP contribution in [0.3, 0.4) is 0 Å². The average Bonchev–Trinajstić information content (AvgIpc) is 0. The van der Waals surface area contributed by atoms with Crippen molar-refractivity contribution < 1.29 is 49.3 Å². The van der Waals surface area contributed by atoms with Gasteiger partial charge < -0.3 is 55.4 Å². The summed E-state index contributed by atoms with van der Waals surface area (Å²) in [5.74, 6) is 0. The van der Waals surface area contributed by atoms with Crippen LogP contribution in [0.1, 0.15) is 0 Å². The molecule has 0 saturated carbocycles. The Kier molecular flexibility index (Phi) is 12600000000. The van der Waals surface area contributed by atoms with E-state index in [1.165, 1.54) is 0 Å². The fraction of sp³-hybridized carbons (Fsp3) is 0. The molecule has 0 aromatic carbocycles. The number of hydrogen-bond donors (Lipinski definition) is 1. The third kappa shape index (κ3) is 252000. The van der Waals surface area contributed by atoms with Crippen LogP contribution in [-0.4, -0.2) is 49.3 Å². The zero-order valence-electron chi connectivity index (χ0n) is 5.71. The Morgan fingerprint density at radius 1 is 0.273 bits per heavy atom. The van der Waals surface area contributed by atoms with Gasteiger partial charge in [0.2, 0.25) is 0 Å². The van der Waals surface area contributed by atoms with Crippen LogP contribution in [0.2, 0.25) is 0 Å². The lowest BCUT2D eigenvalue weighted by molar-refractivity contribution is 0.823. The Morgan fingerprint density at radius 2 is 0.273 bits per heavy atom. The largest absolute Gasteiger partial charge is 0.412 e. The Morgan fingerprint density at radius 3 is 0.273 bits per heavy atom. The molecule has 11 heteroatoms. The van der Waals surface area contributed by atoms with Crippen molar-refractivity contribution in [1.29, 1.82) is 0 Å². The van der Waals surface area contributed by atoms with Crippen LogP contribution in [0.5, 0.6) is 0 Å². The molecule has 0 fully saturated rings. The molecular weight excluding hydrogens is 190 g/mol. The van der Waals surface area contributed by atoms with Crippen LogP contribution in [-0.2, 0) is 0 Å². The number of rotatable bonds is 0. The van der Waals surface area contributed by atoms with Gasteiger partial charge in [-0.25, -0.2) is 0 Å². The van der Waals surface area contributed by atoms with Crippen molar-refractivity contribution >= 4 is 13.5 Å². The van der Waals surface area contributed by atoms with Crippen LogP contribution < -0.4 is 6.15 Å². The third-order valence-electron chi connectivity index (χ3n) is 0. The van der Waals surface area contributed by atoms with Crippen LogP contribution in [0, 0.1) is 0 Å². The predicted molar refractivity (Wildman–Crippen MR) is 47.9 cm³/mol. The van der Waals surface area contributed by atoms with Crippen molar-refractivity contribution in [3.8, 4) is 0 Å². The van der Waals surface area contributed by atoms with Gasteiger partial charge in [-0.3, -0.25) is 0 Å². The summed E-state index contributed by atoms with van der Waals surface area (Å²) < 4.78 is 0. The highest BCUT2D eigenvalue weighted by Gasteiger charge is -0.197. The fourth-order valence-corrected chi connectivity index (χ4v) is 0. The summed E-state index contributed by atoms with van der Waals surface area (Å²) in [4.78, 5) is 0. The van der Waals surface area contributed by atoms with Crippen LogP contribution in [0.4, 0.5) is 0 Å². The molecule has 0 aliphatic carbocycles. The summed E-state index contributed by atoms with van der Waals surface area (Å²) in [5, 5.41) is 0. The van der Waals surface area contributed by atoms with Gasteiger partial charge in [0.15, 0.2) is 0 Å². The topological polar surface area (TPSA) is 318 Å². The minimum absolute atomic E-state index is 0. The molecule has 11 heavy (non-hydrogen) atoms. The highest BCUT2D eigenvalue weighted by atomic mass is 32.1. The molecule has 88 valence electrons. The van der Waals surface area contributed by atoms with Gasteiger partial charge >= 0.3 is 0 Å². The van der Waals surface area contributed by atoms with E-state index in [2.05, 4.69) is 0 Å². The Hall–Kier alpha value is -0.0500. The maximum absolute atomic E-state index is 0. The van der Waals surface area contributed by atoms with Crippen LogP contribution in [0.25, 0.3) is 0 Å². The van der Waals surface area contributed by atoms with Gasteiger partial charge in [0.05, 0.1) is 0 Å². The molecule has 0 unspecified atom stereocenters. The average molecular weight is 213 g/mol. The summed E-state index contributed by atoms with van der Waals surface area (Å²) in [6, 6.07) is 0. The summed E-state index contributed by atoms with van der Waals surface area (Å²) in [6.07, 6.45) is 0. The molecular formula is H23NO9S.